The number of amides is 1. The maximum atomic E-state index is 12.7. The summed E-state index contributed by atoms with van der Waals surface area (Å²) in [6.45, 7) is 1.96. The maximum Gasteiger partial charge on any atom is 0.261 e. The fraction of sp³-hybridized carbons (Fsp3) is 0.0952. The van der Waals surface area contributed by atoms with Gasteiger partial charge in [-0.1, -0.05) is 24.3 Å². The van der Waals surface area contributed by atoms with Gasteiger partial charge in [-0.25, -0.2) is 4.98 Å². The summed E-state index contributed by atoms with van der Waals surface area (Å²) in [4.78, 5) is 21.4. The highest BCUT2D eigenvalue weighted by molar-refractivity contribution is 7.21. The van der Waals surface area contributed by atoms with E-state index in [1.54, 1.807) is 23.6 Å². The van der Waals surface area contributed by atoms with Crippen LogP contribution >= 0.6 is 11.3 Å². The molecule has 0 fully saturated rings. The van der Waals surface area contributed by atoms with Gasteiger partial charge in [-0.05, 0) is 36.8 Å². The van der Waals surface area contributed by atoms with E-state index in [1.807, 2.05) is 43.3 Å². The number of hydrogen-bond donors (Lipinski definition) is 1. The molecule has 0 saturated carbocycles. The van der Waals surface area contributed by atoms with Crippen molar-refractivity contribution >= 4 is 33.1 Å². The van der Waals surface area contributed by atoms with Crippen molar-refractivity contribution in [3.8, 4) is 16.3 Å². The molecule has 0 aliphatic heterocycles. The predicted octanol–water partition coefficient (Wildman–Crippen LogP) is 4.93. The van der Waals surface area contributed by atoms with Crippen LogP contribution in [0.2, 0.25) is 0 Å². The lowest BCUT2D eigenvalue weighted by Gasteiger charge is -2.11. The Labute approximate surface area is 160 Å². The third-order valence-electron chi connectivity index (χ3n) is 4.27. The second-order valence-corrected chi connectivity index (χ2v) is 7.08. The Morgan fingerprint density at radius 2 is 2.00 bits per heavy atom. The van der Waals surface area contributed by atoms with Gasteiger partial charge in [0.25, 0.3) is 5.91 Å². The zero-order valence-corrected chi connectivity index (χ0v) is 15.7. The van der Waals surface area contributed by atoms with E-state index in [4.69, 9.17) is 9.72 Å². The SMILES string of the molecule is COc1ccncc1C(=O)Nc1cc(-c2nc3ccccc3s2)ccc1C. The van der Waals surface area contributed by atoms with Gasteiger partial charge in [-0.3, -0.25) is 9.78 Å². The average Bonchev–Trinajstić information content (AvgIpc) is 3.13. The van der Waals surface area contributed by atoms with Crippen LogP contribution in [0.5, 0.6) is 5.75 Å². The van der Waals surface area contributed by atoms with E-state index >= 15 is 0 Å². The van der Waals surface area contributed by atoms with Gasteiger partial charge in [0.2, 0.25) is 0 Å². The molecule has 134 valence electrons. The van der Waals surface area contributed by atoms with Gasteiger partial charge in [-0.15, -0.1) is 11.3 Å². The molecule has 2 aromatic carbocycles. The first-order valence-electron chi connectivity index (χ1n) is 8.41. The van der Waals surface area contributed by atoms with Crippen LogP contribution in [0.15, 0.2) is 60.9 Å². The highest BCUT2D eigenvalue weighted by atomic mass is 32.1. The Bertz CT molecular complexity index is 1100. The van der Waals surface area contributed by atoms with Crippen molar-refractivity contribution in [2.24, 2.45) is 0 Å². The Hall–Kier alpha value is -3.25. The van der Waals surface area contributed by atoms with Crippen LogP contribution in [0.1, 0.15) is 15.9 Å². The molecule has 0 unspecified atom stereocenters. The largest absolute Gasteiger partial charge is 0.496 e. The molecule has 0 radical (unpaired) electrons. The molecule has 2 heterocycles. The molecule has 5 nitrogen and oxygen atoms in total. The number of fused-ring (bicyclic) bond motifs is 1. The first kappa shape index (κ1) is 17.2. The number of rotatable bonds is 4. The van der Waals surface area contributed by atoms with Crippen molar-refractivity contribution in [3.63, 3.8) is 0 Å². The van der Waals surface area contributed by atoms with Crippen molar-refractivity contribution in [1.29, 1.82) is 0 Å². The zero-order chi connectivity index (χ0) is 18.8. The molecule has 4 aromatic rings. The summed E-state index contributed by atoms with van der Waals surface area (Å²) in [6.07, 6.45) is 3.09. The quantitative estimate of drug-likeness (QED) is 0.549. The molecule has 27 heavy (non-hydrogen) atoms. The van der Waals surface area contributed by atoms with Crippen molar-refractivity contribution in [2.75, 3.05) is 12.4 Å². The molecule has 4 rings (SSSR count). The van der Waals surface area contributed by atoms with E-state index < -0.39 is 0 Å². The number of para-hydroxylation sites is 1. The third kappa shape index (κ3) is 3.39. The molecule has 1 N–H and O–H groups in total. The second kappa shape index (κ2) is 7.17. The van der Waals surface area contributed by atoms with Gasteiger partial charge in [0.05, 0.1) is 22.9 Å². The molecule has 0 saturated heterocycles. The van der Waals surface area contributed by atoms with Crippen molar-refractivity contribution < 1.29 is 9.53 Å². The molecule has 2 aromatic heterocycles. The van der Waals surface area contributed by atoms with E-state index in [0.717, 1.165) is 32.0 Å². The first-order valence-corrected chi connectivity index (χ1v) is 9.23. The van der Waals surface area contributed by atoms with Crippen LogP contribution in [0.25, 0.3) is 20.8 Å². The molecule has 0 bridgehead atoms. The number of methoxy groups -OCH3 is 1. The van der Waals surface area contributed by atoms with Gasteiger partial charge < -0.3 is 10.1 Å². The average molecular weight is 375 g/mol. The van der Waals surface area contributed by atoms with E-state index in [9.17, 15) is 4.79 Å². The second-order valence-electron chi connectivity index (χ2n) is 6.05. The van der Waals surface area contributed by atoms with Crippen molar-refractivity contribution in [2.45, 2.75) is 6.92 Å². The minimum Gasteiger partial charge on any atom is -0.496 e. The van der Waals surface area contributed by atoms with Crippen LogP contribution in [0.3, 0.4) is 0 Å². The number of anilines is 1. The lowest BCUT2D eigenvalue weighted by molar-refractivity contribution is 0.102. The topological polar surface area (TPSA) is 64.1 Å². The molecule has 0 aliphatic rings. The number of carbonyl (C=O) groups is 1. The highest BCUT2D eigenvalue weighted by Gasteiger charge is 2.15. The van der Waals surface area contributed by atoms with Gasteiger partial charge in [0.15, 0.2) is 0 Å². The highest BCUT2D eigenvalue weighted by Crippen LogP contribution is 2.32. The van der Waals surface area contributed by atoms with Crippen LogP contribution < -0.4 is 10.1 Å². The lowest BCUT2D eigenvalue weighted by atomic mass is 10.1. The number of aromatic nitrogens is 2. The Balaban J connectivity index is 1.67. The lowest BCUT2D eigenvalue weighted by Crippen LogP contribution is -2.14. The minimum atomic E-state index is -0.260. The molecule has 0 spiro atoms. The van der Waals surface area contributed by atoms with Crippen molar-refractivity contribution in [1.82, 2.24) is 9.97 Å². The van der Waals surface area contributed by atoms with E-state index in [-0.39, 0.29) is 5.91 Å². The first-order chi connectivity index (χ1) is 13.2. The number of nitrogens with zero attached hydrogens (tertiary/aromatic N) is 2. The standard InChI is InChI=1S/C21H17N3O2S/c1-13-7-8-14(21-24-16-5-3-4-6-19(16)27-21)11-17(13)23-20(25)15-12-22-10-9-18(15)26-2/h3-12H,1-2H3,(H,23,25). The Morgan fingerprint density at radius 1 is 1.15 bits per heavy atom. The van der Waals surface area contributed by atoms with Crippen molar-refractivity contribution in [3.05, 3.63) is 72.1 Å². The smallest absolute Gasteiger partial charge is 0.261 e. The number of ether oxygens (including phenoxy) is 1. The molecular formula is C21H17N3O2S. The fourth-order valence-corrected chi connectivity index (χ4v) is 3.77. The summed E-state index contributed by atoms with van der Waals surface area (Å²) in [5.41, 5.74) is 4.04. The van der Waals surface area contributed by atoms with E-state index in [1.165, 1.54) is 13.3 Å². The summed E-state index contributed by atoms with van der Waals surface area (Å²) in [7, 11) is 1.53. The predicted molar refractivity (Wildman–Crippen MR) is 109 cm³/mol. The van der Waals surface area contributed by atoms with Crippen LogP contribution in [-0.4, -0.2) is 23.0 Å². The number of benzene rings is 2. The van der Waals surface area contributed by atoms with Crippen LogP contribution in [0, 0.1) is 6.92 Å². The summed E-state index contributed by atoms with van der Waals surface area (Å²) < 4.78 is 6.39. The fourth-order valence-electron chi connectivity index (χ4n) is 2.81. The van der Waals surface area contributed by atoms with Gasteiger partial charge in [0.1, 0.15) is 10.8 Å². The zero-order valence-electron chi connectivity index (χ0n) is 14.9. The summed E-state index contributed by atoms with van der Waals surface area (Å²) in [6, 6.07) is 15.7. The number of hydrogen-bond acceptors (Lipinski definition) is 5. The normalized spacial score (nSPS) is 10.7. The van der Waals surface area contributed by atoms with E-state index in [0.29, 0.717) is 11.3 Å². The monoisotopic (exact) mass is 375 g/mol. The number of aryl methyl sites for hydroxylation is 1. The third-order valence-corrected chi connectivity index (χ3v) is 5.36. The van der Waals surface area contributed by atoms with Gasteiger partial charge in [-0.2, -0.15) is 0 Å². The summed E-state index contributed by atoms with van der Waals surface area (Å²) >= 11 is 1.63. The molecule has 0 atom stereocenters. The Morgan fingerprint density at radius 3 is 2.81 bits per heavy atom. The summed E-state index contributed by atoms with van der Waals surface area (Å²) in [5, 5.41) is 3.88. The Kier molecular flexibility index (Phi) is 4.56. The number of carbonyl (C=O) groups excluding carboxylic acids is 1. The van der Waals surface area contributed by atoms with Gasteiger partial charge >= 0.3 is 0 Å². The van der Waals surface area contributed by atoms with Crippen LogP contribution in [-0.2, 0) is 0 Å². The van der Waals surface area contributed by atoms with E-state index in [2.05, 4.69) is 16.4 Å². The number of nitrogens with one attached hydrogen (secondary N) is 1. The minimum absolute atomic E-state index is 0.260. The maximum absolute atomic E-state index is 12.7. The van der Waals surface area contributed by atoms with Gasteiger partial charge in [0, 0.05) is 23.6 Å². The number of thiazole rings is 1. The molecule has 6 heteroatoms. The molecule has 0 aliphatic carbocycles. The van der Waals surface area contributed by atoms with Crippen LogP contribution in [0.4, 0.5) is 5.69 Å². The number of pyridine rings is 1. The molecular weight excluding hydrogens is 358 g/mol. The molecule has 1 amide bonds. The summed E-state index contributed by atoms with van der Waals surface area (Å²) in [5.74, 6) is 0.229.